The van der Waals surface area contributed by atoms with E-state index >= 15 is 0 Å². The second kappa shape index (κ2) is 8.10. The minimum absolute atomic E-state index is 0.160. The van der Waals surface area contributed by atoms with E-state index in [1.54, 1.807) is 0 Å². The number of hydrogen-bond donors (Lipinski definition) is 2. The van der Waals surface area contributed by atoms with Gasteiger partial charge in [0, 0.05) is 6.04 Å². The van der Waals surface area contributed by atoms with Gasteiger partial charge in [0.25, 0.3) is 0 Å². The van der Waals surface area contributed by atoms with E-state index in [0.717, 1.165) is 24.9 Å². The number of hydrogen-bond acceptors (Lipinski definition) is 2. The molecule has 0 spiro atoms. The molecule has 2 N–H and O–H groups in total. The zero-order valence-electron chi connectivity index (χ0n) is 11.9. The van der Waals surface area contributed by atoms with Gasteiger partial charge in [-0.05, 0) is 57.4 Å². The Morgan fingerprint density at radius 2 is 1.82 bits per heavy atom. The Hall–Kier alpha value is -0.0800. The molecule has 102 valence electrons. The third-order valence-electron chi connectivity index (χ3n) is 4.04. The van der Waals surface area contributed by atoms with Crippen LogP contribution in [0.1, 0.15) is 65.7 Å². The second-order valence-electron chi connectivity index (χ2n) is 6.10. The van der Waals surface area contributed by atoms with E-state index in [-0.39, 0.29) is 6.10 Å². The van der Waals surface area contributed by atoms with Gasteiger partial charge in [0.2, 0.25) is 0 Å². The second-order valence-corrected chi connectivity index (χ2v) is 6.10. The predicted molar refractivity (Wildman–Crippen MR) is 74.1 cm³/mol. The van der Waals surface area contributed by atoms with E-state index in [4.69, 9.17) is 0 Å². The van der Waals surface area contributed by atoms with Gasteiger partial charge in [-0.2, -0.15) is 0 Å². The number of nitrogens with one attached hydrogen (secondary N) is 1. The van der Waals surface area contributed by atoms with Crippen LogP contribution in [0.4, 0.5) is 0 Å². The fraction of sp³-hybridized carbons (Fsp3) is 1.00. The molecule has 0 radical (unpaired) electrons. The Kier molecular flexibility index (Phi) is 7.14. The smallest absolute Gasteiger partial charge is 0.0515 e. The van der Waals surface area contributed by atoms with E-state index in [1.807, 2.05) is 6.92 Å². The van der Waals surface area contributed by atoms with Crippen LogP contribution in [0.2, 0.25) is 0 Å². The van der Waals surface area contributed by atoms with Crippen LogP contribution in [0.3, 0.4) is 0 Å². The first-order valence-electron chi connectivity index (χ1n) is 7.53. The SMILES string of the molecule is CCCC1CCC(NCC(C)CC(C)O)CC1. The lowest BCUT2D eigenvalue weighted by molar-refractivity contribution is 0.160. The standard InChI is InChI=1S/C15H31NO/c1-4-5-14-6-8-15(9-7-14)16-11-12(2)10-13(3)17/h12-17H,4-11H2,1-3H3. The quantitative estimate of drug-likeness (QED) is 0.716. The van der Waals surface area contributed by atoms with Crippen LogP contribution in [0.5, 0.6) is 0 Å². The average Bonchev–Trinajstić information content (AvgIpc) is 2.28. The van der Waals surface area contributed by atoms with Crippen LogP contribution in [0, 0.1) is 11.8 Å². The summed E-state index contributed by atoms with van der Waals surface area (Å²) < 4.78 is 0. The summed E-state index contributed by atoms with van der Waals surface area (Å²) in [5, 5.41) is 13.0. The zero-order valence-corrected chi connectivity index (χ0v) is 11.9. The maximum absolute atomic E-state index is 9.33. The normalized spacial score (nSPS) is 28.9. The first-order valence-corrected chi connectivity index (χ1v) is 7.53. The third-order valence-corrected chi connectivity index (χ3v) is 4.04. The molecule has 1 aliphatic carbocycles. The molecule has 2 heteroatoms. The van der Waals surface area contributed by atoms with E-state index in [0.29, 0.717) is 5.92 Å². The highest BCUT2D eigenvalue weighted by Gasteiger charge is 2.20. The Bertz CT molecular complexity index is 185. The van der Waals surface area contributed by atoms with Gasteiger partial charge in [0.15, 0.2) is 0 Å². The molecule has 0 amide bonds. The lowest BCUT2D eigenvalue weighted by atomic mass is 9.83. The molecule has 0 aromatic rings. The van der Waals surface area contributed by atoms with Crippen molar-refractivity contribution >= 4 is 0 Å². The van der Waals surface area contributed by atoms with E-state index in [2.05, 4.69) is 19.2 Å². The Labute approximate surface area is 107 Å². The topological polar surface area (TPSA) is 32.3 Å². The van der Waals surface area contributed by atoms with Crippen molar-refractivity contribution < 1.29 is 5.11 Å². The fourth-order valence-corrected chi connectivity index (χ4v) is 3.10. The van der Waals surface area contributed by atoms with Crippen molar-refractivity contribution in [2.45, 2.75) is 77.9 Å². The first kappa shape index (κ1) is 15.0. The molecule has 2 atom stereocenters. The molecule has 0 aliphatic heterocycles. The summed E-state index contributed by atoms with van der Waals surface area (Å²) in [6, 6.07) is 0.736. The van der Waals surface area contributed by atoms with E-state index in [1.165, 1.54) is 38.5 Å². The average molecular weight is 241 g/mol. The molecule has 0 aromatic carbocycles. The van der Waals surface area contributed by atoms with Gasteiger partial charge in [0.05, 0.1) is 6.10 Å². The highest BCUT2D eigenvalue weighted by atomic mass is 16.3. The molecule has 1 fully saturated rings. The number of aliphatic hydroxyl groups excluding tert-OH is 1. The molecule has 17 heavy (non-hydrogen) atoms. The van der Waals surface area contributed by atoms with Crippen LogP contribution in [0.25, 0.3) is 0 Å². The Morgan fingerprint density at radius 1 is 1.18 bits per heavy atom. The van der Waals surface area contributed by atoms with Gasteiger partial charge in [-0.15, -0.1) is 0 Å². The molecule has 0 saturated heterocycles. The van der Waals surface area contributed by atoms with Gasteiger partial charge >= 0.3 is 0 Å². The molecule has 0 aromatic heterocycles. The van der Waals surface area contributed by atoms with E-state index < -0.39 is 0 Å². The number of rotatable bonds is 7. The summed E-state index contributed by atoms with van der Waals surface area (Å²) >= 11 is 0. The van der Waals surface area contributed by atoms with Crippen molar-refractivity contribution in [2.24, 2.45) is 11.8 Å². The monoisotopic (exact) mass is 241 g/mol. The van der Waals surface area contributed by atoms with Gasteiger partial charge in [-0.25, -0.2) is 0 Å². The first-order chi connectivity index (χ1) is 8.11. The Balaban J connectivity index is 2.09. The molecule has 2 unspecified atom stereocenters. The predicted octanol–water partition coefficient (Wildman–Crippen LogP) is 3.34. The molecule has 0 heterocycles. The lowest BCUT2D eigenvalue weighted by Gasteiger charge is -2.30. The van der Waals surface area contributed by atoms with Crippen LogP contribution in [-0.4, -0.2) is 23.8 Å². The van der Waals surface area contributed by atoms with Gasteiger partial charge in [-0.1, -0.05) is 26.7 Å². The van der Waals surface area contributed by atoms with Gasteiger partial charge < -0.3 is 10.4 Å². The highest BCUT2D eigenvalue weighted by molar-refractivity contribution is 4.77. The van der Waals surface area contributed by atoms with Crippen molar-refractivity contribution in [3.63, 3.8) is 0 Å². The maximum atomic E-state index is 9.33. The fourth-order valence-electron chi connectivity index (χ4n) is 3.10. The van der Waals surface area contributed by atoms with Crippen molar-refractivity contribution in [3.8, 4) is 0 Å². The van der Waals surface area contributed by atoms with E-state index in [9.17, 15) is 5.11 Å². The van der Waals surface area contributed by atoms with Crippen LogP contribution < -0.4 is 5.32 Å². The molecule has 2 nitrogen and oxygen atoms in total. The molecule has 0 bridgehead atoms. The molecule has 1 rings (SSSR count). The summed E-state index contributed by atoms with van der Waals surface area (Å²) in [4.78, 5) is 0. The minimum atomic E-state index is -0.160. The van der Waals surface area contributed by atoms with Crippen LogP contribution in [-0.2, 0) is 0 Å². The summed E-state index contributed by atoms with van der Waals surface area (Å²) in [5.74, 6) is 1.58. The molecule has 1 aliphatic rings. The summed E-state index contributed by atoms with van der Waals surface area (Å²) in [6.07, 6.45) is 9.05. The zero-order chi connectivity index (χ0) is 12.7. The highest BCUT2D eigenvalue weighted by Crippen LogP contribution is 2.27. The number of aliphatic hydroxyl groups is 1. The molecule has 1 saturated carbocycles. The van der Waals surface area contributed by atoms with Crippen molar-refractivity contribution in [1.29, 1.82) is 0 Å². The van der Waals surface area contributed by atoms with Gasteiger partial charge in [0.1, 0.15) is 0 Å². The minimum Gasteiger partial charge on any atom is -0.393 e. The molecular weight excluding hydrogens is 210 g/mol. The largest absolute Gasteiger partial charge is 0.393 e. The summed E-state index contributed by atoms with van der Waals surface area (Å²) in [5.41, 5.74) is 0. The van der Waals surface area contributed by atoms with Crippen molar-refractivity contribution in [2.75, 3.05) is 6.54 Å². The van der Waals surface area contributed by atoms with Gasteiger partial charge in [-0.3, -0.25) is 0 Å². The van der Waals surface area contributed by atoms with Crippen molar-refractivity contribution in [1.82, 2.24) is 5.32 Å². The third kappa shape index (κ3) is 6.42. The van der Waals surface area contributed by atoms with Crippen molar-refractivity contribution in [3.05, 3.63) is 0 Å². The Morgan fingerprint density at radius 3 is 2.35 bits per heavy atom. The summed E-state index contributed by atoms with van der Waals surface area (Å²) in [6.45, 7) is 7.46. The lowest BCUT2D eigenvalue weighted by Crippen LogP contribution is -2.36. The molecular formula is C15H31NO. The van der Waals surface area contributed by atoms with Crippen LogP contribution in [0.15, 0.2) is 0 Å². The van der Waals surface area contributed by atoms with Crippen LogP contribution >= 0.6 is 0 Å². The summed E-state index contributed by atoms with van der Waals surface area (Å²) in [7, 11) is 0. The maximum Gasteiger partial charge on any atom is 0.0515 e.